The van der Waals surface area contributed by atoms with Crippen molar-refractivity contribution >= 4 is 0 Å². The molecular formula is C26H48ClN. The Balaban J connectivity index is 0.00000729. The molecule has 1 atom stereocenters. The lowest BCUT2D eigenvalue weighted by Crippen LogP contribution is -3.00. The van der Waals surface area contributed by atoms with E-state index in [4.69, 9.17) is 0 Å². The molecular weight excluding hydrogens is 362 g/mol. The molecule has 1 nitrogen and oxygen atoms in total. The fourth-order valence-electron chi connectivity index (χ4n) is 4.17. The van der Waals surface area contributed by atoms with Crippen LogP contribution in [0.3, 0.4) is 0 Å². The smallest absolute Gasteiger partial charge is 0.104 e. The van der Waals surface area contributed by atoms with Gasteiger partial charge in [-0.25, -0.2) is 0 Å². The van der Waals surface area contributed by atoms with Crippen LogP contribution < -0.4 is 12.4 Å². The van der Waals surface area contributed by atoms with Gasteiger partial charge in [0, 0.05) is 5.56 Å². The quantitative estimate of drug-likeness (QED) is 0.232. The predicted octanol–water partition coefficient (Wildman–Crippen LogP) is 5.14. The SMILES string of the molecule is CCCCCCCCCCCCCC[N+](C)(CCCC)Cc1ccccc1.[Cl-]. The third kappa shape index (κ3) is 14.5. The van der Waals surface area contributed by atoms with Gasteiger partial charge >= 0.3 is 0 Å². The van der Waals surface area contributed by atoms with Crippen molar-refractivity contribution in [3.8, 4) is 0 Å². The monoisotopic (exact) mass is 409 g/mol. The molecule has 0 bridgehead atoms. The first-order chi connectivity index (χ1) is 13.2. The Hall–Kier alpha value is -0.530. The maximum Gasteiger partial charge on any atom is 0.104 e. The number of halogens is 1. The van der Waals surface area contributed by atoms with Gasteiger partial charge in [-0.15, -0.1) is 0 Å². The minimum absolute atomic E-state index is 0. The summed E-state index contributed by atoms with van der Waals surface area (Å²) < 4.78 is 1.22. The number of nitrogens with zero attached hydrogens (tertiary/aromatic N) is 1. The van der Waals surface area contributed by atoms with Crippen LogP contribution in [0.15, 0.2) is 30.3 Å². The Morgan fingerprint density at radius 3 is 1.50 bits per heavy atom. The van der Waals surface area contributed by atoms with Crippen molar-refractivity contribution < 1.29 is 16.9 Å². The molecule has 0 N–H and O–H groups in total. The van der Waals surface area contributed by atoms with Gasteiger partial charge in [0.25, 0.3) is 0 Å². The molecule has 1 aromatic rings. The number of quaternary nitrogens is 1. The molecule has 1 aromatic carbocycles. The average Bonchev–Trinajstić information content (AvgIpc) is 2.68. The maximum absolute atomic E-state index is 2.47. The molecule has 0 heterocycles. The van der Waals surface area contributed by atoms with Gasteiger partial charge < -0.3 is 16.9 Å². The van der Waals surface area contributed by atoms with E-state index in [0.29, 0.717) is 0 Å². The van der Waals surface area contributed by atoms with Gasteiger partial charge in [-0.3, -0.25) is 0 Å². The lowest BCUT2D eigenvalue weighted by molar-refractivity contribution is -0.923. The molecule has 0 radical (unpaired) electrons. The minimum atomic E-state index is 0. The molecule has 0 aromatic heterocycles. The Bertz CT molecular complexity index is 433. The van der Waals surface area contributed by atoms with E-state index in [2.05, 4.69) is 51.2 Å². The van der Waals surface area contributed by atoms with Crippen LogP contribution in [-0.2, 0) is 6.54 Å². The summed E-state index contributed by atoms with van der Waals surface area (Å²) in [6.07, 6.45) is 19.9. The highest BCUT2D eigenvalue weighted by molar-refractivity contribution is 5.13. The van der Waals surface area contributed by atoms with Crippen molar-refractivity contribution in [2.24, 2.45) is 0 Å². The summed E-state index contributed by atoms with van der Waals surface area (Å²) in [5, 5.41) is 0. The van der Waals surface area contributed by atoms with Crippen LogP contribution in [-0.4, -0.2) is 24.6 Å². The molecule has 0 fully saturated rings. The molecule has 0 aliphatic carbocycles. The Labute approximate surface area is 183 Å². The van der Waals surface area contributed by atoms with E-state index in [0.717, 1.165) is 0 Å². The second kappa shape index (κ2) is 18.5. The van der Waals surface area contributed by atoms with Crippen LogP contribution in [0.4, 0.5) is 0 Å². The zero-order valence-corrected chi connectivity index (χ0v) is 20.0. The molecule has 2 heteroatoms. The number of hydrogen-bond acceptors (Lipinski definition) is 0. The normalized spacial score (nSPS) is 13.1. The molecule has 0 saturated heterocycles. The highest BCUT2D eigenvalue weighted by Crippen LogP contribution is 2.17. The third-order valence-corrected chi connectivity index (χ3v) is 6.01. The van der Waals surface area contributed by atoms with Gasteiger partial charge in [0.1, 0.15) is 6.54 Å². The van der Waals surface area contributed by atoms with E-state index < -0.39 is 0 Å². The summed E-state index contributed by atoms with van der Waals surface area (Å²) in [6, 6.07) is 11.1. The van der Waals surface area contributed by atoms with Crippen molar-refractivity contribution in [1.29, 1.82) is 0 Å². The van der Waals surface area contributed by atoms with Crippen molar-refractivity contribution in [2.45, 2.75) is 110 Å². The van der Waals surface area contributed by atoms with E-state index >= 15 is 0 Å². The van der Waals surface area contributed by atoms with E-state index in [-0.39, 0.29) is 12.4 Å². The van der Waals surface area contributed by atoms with Crippen LogP contribution in [0, 0.1) is 0 Å². The molecule has 0 aliphatic rings. The largest absolute Gasteiger partial charge is 1.00 e. The van der Waals surface area contributed by atoms with Crippen LogP contribution in [0.1, 0.15) is 109 Å². The first kappa shape index (κ1) is 27.5. The summed E-state index contributed by atoms with van der Waals surface area (Å²) >= 11 is 0. The lowest BCUT2D eigenvalue weighted by Gasteiger charge is -2.35. The molecule has 0 saturated carbocycles. The maximum atomic E-state index is 2.47. The molecule has 0 amide bonds. The van der Waals surface area contributed by atoms with Crippen LogP contribution in [0.2, 0.25) is 0 Å². The van der Waals surface area contributed by atoms with Gasteiger partial charge in [-0.05, 0) is 19.3 Å². The third-order valence-electron chi connectivity index (χ3n) is 6.01. The topological polar surface area (TPSA) is 0 Å². The zero-order valence-electron chi connectivity index (χ0n) is 19.2. The van der Waals surface area contributed by atoms with Crippen molar-refractivity contribution in [1.82, 2.24) is 0 Å². The first-order valence-corrected chi connectivity index (χ1v) is 12.1. The van der Waals surface area contributed by atoms with Gasteiger partial charge in [0.2, 0.25) is 0 Å². The summed E-state index contributed by atoms with van der Waals surface area (Å²) in [7, 11) is 2.47. The highest BCUT2D eigenvalue weighted by Gasteiger charge is 2.20. The molecule has 1 unspecified atom stereocenters. The number of benzene rings is 1. The summed E-state index contributed by atoms with van der Waals surface area (Å²) in [5.41, 5.74) is 1.50. The van der Waals surface area contributed by atoms with Crippen molar-refractivity contribution in [2.75, 3.05) is 20.1 Å². The van der Waals surface area contributed by atoms with Crippen molar-refractivity contribution in [3.63, 3.8) is 0 Å². The van der Waals surface area contributed by atoms with E-state index in [9.17, 15) is 0 Å². The lowest BCUT2D eigenvalue weighted by atomic mass is 10.0. The Morgan fingerprint density at radius 1 is 0.571 bits per heavy atom. The number of unbranched alkanes of at least 4 members (excludes halogenated alkanes) is 12. The molecule has 0 aliphatic heterocycles. The average molecular weight is 410 g/mol. The zero-order chi connectivity index (χ0) is 19.6. The van der Waals surface area contributed by atoms with Gasteiger partial charge in [0.05, 0.1) is 20.1 Å². The molecule has 1 rings (SSSR count). The summed E-state index contributed by atoms with van der Waals surface area (Å²) in [5.74, 6) is 0. The fraction of sp³-hybridized carbons (Fsp3) is 0.769. The van der Waals surface area contributed by atoms with E-state index in [1.807, 2.05) is 0 Å². The molecule has 0 spiro atoms. The highest BCUT2D eigenvalue weighted by atomic mass is 35.5. The first-order valence-electron chi connectivity index (χ1n) is 12.1. The Kier molecular flexibility index (Phi) is 18.1. The number of hydrogen-bond donors (Lipinski definition) is 0. The number of rotatable bonds is 18. The van der Waals surface area contributed by atoms with Crippen molar-refractivity contribution in [3.05, 3.63) is 35.9 Å². The minimum Gasteiger partial charge on any atom is -1.00 e. The predicted molar refractivity (Wildman–Crippen MR) is 122 cm³/mol. The van der Waals surface area contributed by atoms with Crippen LogP contribution >= 0.6 is 0 Å². The van der Waals surface area contributed by atoms with Gasteiger partial charge in [-0.1, -0.05) is 115 Å². The Morgan fingerprint density at radius 2 is 1.00 bits per heavy atom. The second-order valence-corrected chi connectivity index (χ2v) is 8.95. The van der Waals surface area contributed by atoms with Crippen LogP contribution in [0.25, 0.3) is 0 Å². The standard InChI is InChI=1S/C26H48N.ClH/c1-4-6-8-9-10-11-12-13-14-15-16-20-24-27(3,23-7-5-2)25-26-21-18-17-19-22-26;/h17-19,21-22H,4-16,20,23-25H2,1-3H3;1H/q+1;/p-1. The van der Waals surface area contributed by atoms with E-state index in [1.165, 1.54) is 120 Å². The second-order valence-electron chi connectivity index (χ2n) is 8.95. The molecule has 164 valence electrons. The molecule has 28 heavy (non-hydrogen) atoms. The van der Waals surface area contributed by atoms with Crippen LogP contribution in [0.5, 0.6) is 0 Å². The summed E-state index contributed by atoms with van der Waals surface area (Å²) in [6.45, 7) is 8.47. The fourth-order valence-corrected chi connectivity index (χ4v) is 4.17. The summed E-state index contributed by atoms with van der Waals surface area (Å²) in [4.78, 5) is 0. The van der Waals surface area contributed by atoms with E-state index in [1.54, 1.807) is 0 Å². The van der Waals surface area contributed by atoms with Gasteiger partial charge in [0.15, 0.2) is 0 Å². The van der Waals surface area contributed by atoms with Gasteiger partial charge in [-0.2, -0.15) is 0 Å².